The topological polar surface area (TPSA) is 58.1 Å². The fourth-order valence-electron chi connectivity index (χ4n) is 3.42. The van der Waals surface area contributed by atoms with Crippen molar-refractivity contribution in [1.82, 2.24) is 15.5 Å². The summed E-state index contributed by atoms with van der Waals surface area (Å²) < 4.78 is 11.6. The number of para-hydroxylation sites is 1. The molecule has 164 valence electrons. The molecule has 1 aromatic carbocycles. The summed E-state index contributed by atoms with van der Waals surface area (Å²) in [7, 11) is 1.79. The Morgan fingerprint density at radius 2 is 1.93 bits per heavy atom. The first kappa shape index (κ1) is 25.7. The Morgan fingerprint density at radius 1 is 1.28 bits per heavy atom. The number of nitrogens with one attached hydrogen (secondary N) is 2. The van der Waals surface area contributed by atoms with Crippen LogP contribution < -0.4 is 15.4 Å². The summed E-state index contributed by atoms with van der Waals surface area (Å²) in [5.74, 6) is 1.64. The maximum absolute atomic E-state index is 5.87. The van der Waals surface area contributed by atoms with E-state index in [1.165, 1.54) is 0 Å². The molecule has 2 rings (SSSR count). The van der Waals surface area contributed by atoms with Crippen LogP contribution >= 0.6 is 24.0 Å². The molecule has 0 amide bonds. The molecule has 1 aliphatic heterocycles. The van der Waals surface area contributed by atoms with E-state index in [-0.39, 0.29) is 41.7 Å². The molecule has 29 heavy (non-hydrogen) atoms. The Kier molecular flexibility index (Phi) is 11.0. The van der Waals surface area contributed by atoms with Crippen LogP contribution in [0.5, 0.6) is 5.75 Å². The van der Waals surface area contributed by atoms with Gasteiger partial charge in [-0.05, 0) is 33.8 Å². The first-order valence-electron chi connectivity index (χ1n) is 10.0. The minimum Gasteiger partial charge on any atom is -0.489 e. The number of rotatable bonds is 8. The molecule has 0 aromatic heterocycles. The van der Waals surface area contributed by atoms with Crippen LogP contribution in [0.1, 0.15) is 33.3 Å². The van der Waals surface area contributed by atoms with E-state index in [0.717, 1.165) is 36.9 Å². The SMILES string of the molecule is C=CCOc1ccccc1CNC(=NC)NCC(C)(C)N1CC(C)OC(C)C1.I. The highest BCUT2D eigenvalue weighted by molar-refractivity contribution is 14.0. The van der Waals surface area contributed by atoms with Gasteiger partial charge < -0.3 is 20.1 Å². The number of hydrogen-bond acceptors (Lipinski definition) is 4. The Hall–Kier alpha value is -1.32. The van der Waals surface area contributed by atoms with Crippen LogP contribution in [-0.2, 0) is 11.3 Å². The molecule has 2 N–H and O–H groups in total. The summed E-state index contributed by atoms with van der Waals surface area (Å²) >= 11 is 0. The fraction of sp³-hybridized carbons (Fsp3) is 0.591. The first-order chi connectivity index (χ1) is 13.4. The van der Waals surface area contributed by atoms with Crippen LogP contribution in [0.15, 0.2) is 41.9 Å². The highest BCUT2D eigenvalue weighted by atomic mass is 127. The molecule has 0 spiro atoms. The average molecular weight is 516 g/mol. The number of guanidine groups is 1. The maximum atomic E-state index is 5.87. The van der Waals surface area contributed by atoms with E-state index < -0.39 is 0 Å². The maximum Gasteiger partial charge on any atom is 0.191 e. The zero-order chi connectivity index (χ0) is 20.6. The van der Waals surface area contributed by atoms with Gasteiger partial charge in [0.05, 0.1) is 12.2 Å². The lowest BCUT2D eigenvalue weighted by Crippen LogP contribution is -2.59. The summed E-state index contributed by atoms with van der Waals surface area (Å²) in [4.78, 5) is 6.86. The average Bonchev–Trinajstić information content (AvgIpc) is 2.66. The molecular formula is C22H37IN4O2. The van der Waals surface area contributed by atoms with Gasteiger partial charge in [0, 0.05) is 44.3 Å². The lowest BCUT2D eigenvalue weighted by Gasteiger charge is -2.45. The second-order valence-corrected chi connectivity index (χ2v) is 7.96. The van der Waals surface area contributed by atoms with E-state index in [9.17, 15) is 0 Å². The third kappa shape index (κ3) is 8.14. The van der Waals surface area contributed by atoms with Gasteiger partial charge in [-0.2, -0.15) is 0 Å². The molecule has 1 heterocycles. The number of hydrogen-bond donors (Lipinski definition) is 2. The summed E-state index contributed by atoms with van der Waals surface area (Å²) in [6.45, 7) is 16.3. The van der Waals surface area contributed by atoms with Gasteiger partial charge in [-0.15, -0.1) is 24.0 Å². The van der Waals surface area contributed by atoms with Crippen molar-refractivity contribution >= 4 is 29.9 Å². The molecule has 7 heteroatoms. The Bertz CT molecular complexity index is 656. The summed E-state index contributed by atoms with van der Waals surface area (Å²) in [6.07, 6.45) is 2.26. The lowest BCUT2D eigenvalue weighted by molar-refractivity contribution is -0.0946. The standard InChI is InChI=1S/C22H36N4O2.HI/c1-7-12-27-20-11-9-8-10-19(20)13-24-21(23-6)25-16-22(4,5)26-14-17(2)28-18(3)15-26;/h7-11,17-18H,1,12-16H2,2-6H3,(H2,23,24,25);1H. The second kappa shape index (κ2) is 12.4. The van der Waals surface area contributed by atoms with Crippen LogP contribution in [0.3, 0.4) is 0 Å². The van der Waals surface area contributed by atoms with E-state index in [1.807, 2.05) is 18.2 Å². The molecule has 0 radical (unpaired) electrons. The number of benzene rings is 1. The van der Waals surface area contributed by atoms with Crippen molar-refractivity contribution in [3.05, 3.63) is 42.5 Å². The zero-order valence-electron chi connectivity index (χ0n) is 18.4. The summed E-state index contributed by atoms with van der Waals surface area (Å²) in [6, 6.07) is 8.01. The van der Waals surface area contributed by atoms with Gasteiger partial charge >= 0.3 is 0 Å². The molecule has 0 bridgehead atoms. The van der Waals surface area contributed by atoms with Crippen molar-refractivity contribution in [2.24, 2.45) is 4.99 Å². The van der Waals surface area contributed by atoms with E-state index in [4.69, 9.17) is 9.47 Å². The van der Waals surface area contributed by atoms with Crippen molar-refractivity contribution in [2.45, 2.75) is 52.0 Å². The van der Waals surface area contributed by atoms with Crippen LogP contribution in [0, 0.1) is 0 Å². The number of morpholine rings is 1. The van der Waals surface area contributed by atoms with Crippen molar-refractivity contribution in [1.29, 1.82) is 0 Å². The molecule has 0 aliphatic carbocycles. The van der Waals surface area contributed by atoms with Gasteiger partial charge in [0.15, 0.2) is 5.96 Å². The smallest absolute Gasteiger partial charge is 0.191 e. The highest BCUT2D eigenvalue weighted by Gasteiger charge is 2.33. The second-order valence-electron chi connectivity index (χ2n) is 7.96. The van der Waals surface area contributed by atoms with Gasteiger partial charge in [0.2, 0.25) is 0 Å². The predicted octanol–water partition coefficient (Wildman–Crippen LogP) is 3.42. The molecule has 0 saturated carbocycles. The van der Waals surface area contributed by atoms with Gasteiger partial charge in [0.1, 0.15) is 12.4 Å². The van der Waals surface area contributed by atoms with E-state index >= 15 is 0 Å². The van der Waals surface area contributed by atoms with Crippen LogP contribution in [0.4, 0.5) is 0 Å². The first-order valence-corrected chi connectivity index (χ1v) is 10.0. The van der Waals surface area contributed by atoms with E-state index in [2.05, 4.69) is 60.9 Å². The highest BCUT2D eigenvalue weighted by Crippen LogP contribution is 2.21. The molecule has 2 atom stereocenters. The van der Waals surface area contributed by atoms with Gasteiger partial charge in [-0.1, -0.05) is 30.9 Å². The monoisotopic (exact) mass is 516 g/mol. The van der Waals surface area contributed by atoms with Gasteiger partial charge in [-0.25, -0.2) is 0 Å². The van der Waals surface area contributed by atoms with Gasteiger partial charge in [0.25, 0.3) is 0 Å². The number of ether oxygens (including phenoxy) is 2. The van der Waals surface area contributed by atoms with Crippen LogP contribution in [0.2, 0.25) is 0 Å². The third-order valence-corrected chi connectivity index (χ3v) is 4.96. The Morgan fingerprint density at radius 3 is 2.55 bits per heavy atom. The van der Waals surface area contributed by atoms with E-state index in [1.54, 1.807) is 13.1 Å². The molecule has 2 unspecified atom stereocenters. The summed E-state index contributed by atoms with van der Waals surface area (Å²) in [5.41, 5.74) is 1.08. The minimum absolute atomic E-state index is 0. The van der Waals surface area contributed by atoms with E-state index in [0.29, 0.717) is 13.2 Å². The summed E-state index contributed by atoms with van der Waals surface area (Å²) in [5, 5.41) is 6.85. The third-order valence-electron chi connectivity index (χ3n) is 4.96. The Balaban J connectivity index is 0.00000420. The zero-order valence-corrected chi connectivity index (χ0v) is 20.7. The van der Waals surface area contributed by atoms with Crippen molar-refractivity contribution in [3.8, 4) is 5.75 Å². The lowest BCUT2D eigenvalue weighted by atomic mass is 10.00. The number of aliphatic imine (C=N–C) groups is 1. The number of halogens is 1. The molecule has 6 nitrogen and oxygen atoms in total. The molecule has 1 aromatic rings. The van der Waals surface area contributed by atoms with Gasteiger partial charge in [-0.3, -0.25) is 9.89 Å². The number of nitrogens with zero attached hydrogens (tertiary/aromatic N) is 2. The van der Waals surface area contributed by atoms with Crippen LogP contribution in [0.25, 0.3) is 0 Å². The normalized spacial score (nSPS) is 20.5. The Labute approximate surface area is 193 Å². The van der Waals surface area contributed by atoms with Crippen molar-refractivity contribution in [3.63, 3.8) is 0 Å². The van der Waals surface area contributed by atoms with Crippen molar-refractivity contribution < 1.29 is 9.47 Å². The quantitative estimate of drug-likeness (QED) is 0.240. The molecule has 1 saturated heterocycles. The molecule has 1 fully saturated rings. The van der Waals surface area contributed by atoms with Crippen LogP contribution in [-0.4, -0.2) is 61.9 Å². The molecular weight excluding hydrogens is 479 g/mol. The largest absolute Gasteiger partial charge is 0.489 e. The minimum atomic E-state index is -0.00506. The molecule has 1 aliphatic rings. The fourth-order valence-corrected chi connectivity index (χ4v) is 3.42. The van der Waals surface area contributed by atoms with Crippen molar-refractivity contribution in [2.75, 3.05) is 33.3 Å². The predicted molar refractivity (Wildman–Crippen MR) is 131 cm³/mol.